The SMILES string of the molecule is COC(=O)C(Br)Cn1c(CC#N)nc2ccccc21. The third-order valence-electron chi connectivity index (χ3n) is 2.77. The van der Waals surface area contributed by atoms with Gasteiger partial charge in [-0.1, -0.05) is 28.1 Å². The first kappa shape index (κ1) is 13.6. The highest BCUT2D eigenvalue weighted by Crippen LogP contribution is 2.19. The maximum atomic E-state index is 11.5. The molecule has 0 N–H and O–H groups in total. The lowest BCUT2D eigenvalue weighted by atomic mass is 10.3. The lowest BCUT2D eigenvalue weighted by molar-refractivity contribution is -0.140. The maximum Gasteiger partial charge on any atom is 0.321 e. The number of nitrogens with zero attached hydrogens (tertiary/aromatic N) is 3. The van der Waals surface area contributed by atoms with Crippen molar-refractivity contribution in [3.8, 4) is 6.07 Å². The van der Waals surface area contributed by atoms with E-state index >= 15 is 0 Å². The minimum Gasteiger partial charge on any atom is -0.468 e. The Kier molecular flexibility index (Phi) is 4.17. The molecule has 98 valence electrons. The summed E-state index contributed by atoms with van der Waals surface area (Å²) in [6.07, 6.45) is 0.204. The molecule has 0 bridgehead atoms. The molecular formula is C13H12BrN3O2. The summed E-state index contributed by atoms with van der Waals surface area (Å²) in [5.74, 6) is 0.303. The molecule has 1 unspecified atom stereocenters. The van der Waals surface area contributed by atoms with Crippen molar-refractivity contribution in [1.29, 1.82) is 5.26 Å². The van der Waals surface area contributed by atoms with Gasteiger partial charge >= 0.3 is 5.97 Å². The summed E-state index contributed by atoms with van der Waals surface area (Å²) in [7, 11) is 1.35. The van der Waals surface area contributed by atoms with Gasteiger partial charge in [-0.15, -0.1) is 0 Å². The lowest BCUT2D eigenvalue weighted by Crippen LogP contribution is -2.22. The molecule has 0 aliphatic carbocycles. The monoisotopic (exact) mass is 321 g/mol. The molecule has 0 fully saturated rings. The number of rotatable bonds is 4. The number of imidazole rings is 1. The molecule has 0 amide bonds. The highest BCUT2D eigenvalue weighted by molar-refractivity contribution is 9.10. The van der Waals surface area contributed by atoms with Crippen LogP contribution in [0.1, 0.15) is 5.82 Å². The van der Waals surface area contributed by atoms with Crippen LogP contribution in [0.2, 0.25) is 0 Å². The van der Waals surface area contributed by atoms with Gasteiger partial charge in [0.05, 0.1) is 30.6 Å². The van der Waals surface area contributed by atoms with Crippen molar-refractivity contribution in [1.82, 2.24) is 9.55 Å². The normalized spacial score (nSPS) is 12.1. The molecule has 2 aromatic rings. The van der Waals surface area contributed by atoms with E-state index in [0.29, 0.717) is 12.4 Å². The summed E-state index contributed by atoms with van der Waals surface area (Å²) in [4.78, 5) is 15.4. The highest BCUT2D eigenvalue weighted by Gasteiger charge is 2.19. The third-order valence-corrected chi connectivity index (χ3v) is 3.43. The van der Waals surface area contributed by atoms with E-state index in [4.69, 9.17) is 5.26 Å². The Morgan fingerprint density at radius 3 is 3.00 bits per heavy atom. The van der Waals surface area contributed by atoms with E-state index in [9.17, 15) is 4.79 Å². The standard InChI is InChI=1S/C13H12BrN3O2/c1-19-13(18)9(14)8-17-11-5-3-2-4-10(11)16-12(17)6-7-15/h2-5,9H,6,8H2,1H3. The first-order valence-corrected chi connectivity index (χ1v) is 6.62. The summed E-state index contributed by atoms with van der Waals surface area (Å²) < 4.78 is 6.56. The smallest absolute Gasteiger partial charge is 0.321 e. The van der Waals surface area contributed by atoms with Crippen LogP contribution < -0.4 is 0 Å². The molecule has 0 saturated heterocycles. The number of nitriles is 1. The molecule has 0 spiro atoms. The van der Waals surface area contributed by atoms with E-state index < -0.39 is 4.83 Å². The number of alkyl halides is 1. The number of esters is 1. The average Bonchev–Trinajstić information content (AvgIpc) is 2.76. The van der Waals surface area contributed by atoms with E-state index in [0.717, 1.165) is 11.0 Å². The first-order valence-electron chi connectivity index (χ1n) is 5.70. The Labute approximate surface area is 118 Å². The quantitative estimate of drug-likeness (QED) is 0.638. The van der Waals surface area contributed by atoms with Crippen LogP contribution in [-0.2, 0) is 22.5 Å². The largest absolute Gasteiger partial charge is 0.468 e. The second-order valence-electron chi connectivity index (χ2n) is 3.95. The fourth-order valence-corrected chi connectivity index (χ4v) is 2.37. The fraction of sp³-hybridized carbons (Fsp3) is 0.308. The molecule has 1 aromatic carbocycles. The van der Waals surface area contributed by atoms with Gasteiger partial charge in [-0.05, 0) is 12.1 Å². The van der Waals surface area contributed by atoms with Crippen molar-refractivity contribution in [3.63, 3.8) is 0 Å². The predicted molar refractivity (Wildman–Crippen MR) is 73.8 cm³/mol. The van der Waals surface area contributed by atoms with Gasteiger partial charge in [0, 0.05) is 6.54 Å². The van der Waals surface area contributed by atoms with Crippen molar-refractivity contribution in [2.75, 3.05) is 7.11 Å². The van der Waals surface area contributed by atoms with Crippen LogP contribution in [0.15, 0.2) is 24.3 Å². The van der Waals surface area contributed by atoms with Crippen molar-refractivity contribution >= 4 is 32.9 Å². The van der Waals surface area contributed by atoms with Gasteiger partial charge in [-0.2, -0.15) is 5.26 Å². The zero-order valence-electron chi connectivity index (χ0n) is 10.3. The van der Waals surface area contributed by atoms with E-state index in [2.05, 4.69) is 31.7 Å². The molecular weight excluding hydrogens is 310 g/mol. The van der Waals surface area contributed by atoms with Crippen LogP contribution >= 0.6 is 15.9 Å². The number of fused-ring (bicyclic) bond motifs is 1. The molecule has 0 aliphatic heterocycles. The minimum absolute atomic E-state index is 0.204. The Morgan fingerprint density at radius 1 is 1.58 bits per heavy atom. The van der Waals surface area contributed by atoms with Gasteiger partial charge in [0.15, 0.2) is 0 Å². The van der Waals surface area contributed by atoms with Crippen LogP contribution in [0.5, 0.6) is 0 Å². The number of hydrogen-bond acceptors (Lipinski definition) is 4. The van der Waals surface area contributed by atoms with Crippen LogP contribution in [0, 0.1) is 11.3 Å². The summed E-state index contributed by atoms with van der Waals surface area (Å²) in [5, 5.41) is 8.85. The maximum absolute atomic E-state index is 11.5. The van der Waals surface area contributed by atoms with Gasteiger partial charge < -0.3 is 9.30 Å². The number of hydrogen-bond donors (Lipinski definition) is 0. The highest BCUT2D eigenvalue weighted by atomic mass is 79.9. The zero-order valence-corrected chi connectivity index (χ0v) is 11.9. The Balaban J connectivity index is 2.42. The van der Waals surface area contributed by atoms with Crippen molar-refractivity contribution in [3.05, 3.63) is 30.1 Å². The van der Waals surface area contributed by atoms with Crippen LogP contribution in [0.25, 0.3) is 11.0 Å². The van der Waals surface area contributed by atoms with Gasteiger partial charge in [0.1, 0.15) is 10.7 Å². The van der Waals surface area contributed by atoms with Crippen molar-refractivity contribution in [2.45, 2.75) is 17.8 Å². The van der Waals surface area contributed by atoms with Gasteiger partial charge in [-0.25, -0.2) is 4.98 Å². The van der Waals surface area contributed by atoms with Crippen LogP contribution in [0.4, 0.5) is 0 Å². The topological polar surface area (TPSA) is 67.9 Å². The Morgan fingerprint density at radius 2 is 2.32 bits per heavy atom. The van der Waals surface area contributed by atoms with E-state index in [1.807, 2.05) is 28.8 Å². The molecule has 1 heterocycles. The molecule has 19 heavy (non-hydrogen) atoms. The third kappa shape index (κ3) is 2.76. The number of aromatic nitrogens is 2. The molecule has 6 heteroatoms. The molecule has 0 aliphatic rings. The second kappa shape index (κ2) is 5.85. The van der Waals surface area contributed by atoms with Crippen LogP contribution in [0.3, 0.4) is 0 Å². The van der Waals surface area contributed by atoms with E-state index in [1.165, 1.54) is 7.11 Å². The number of carbonyl (C=O) groups is 1. The number of carbonyl (C=O) groups excluding carboxylic acids is 1. The molecule has 1 aromatic heterocycles. The van der Waals surface area contributed by atoms with Gasteiger partial charge in [0.25, 0.3) is 0 Å². The summed E-state index contributed by atoms with van der Waals surface area (Å²) >= 11 is 3.29. The van der Waals surface area contributed by atoms with Crippen molar-refractivity contribution < 1.29 is 9.53 Å². The molecule has 2 rings (SSSR count). The lowest BCUT2D eigenvalue weighted by Gasteiger charge is -2.11. The number of benzene rings is 1. The first-order chi connectivity index (χ1) is 9.17. The fourth-order valence-electron chi connectivity index (χ4n) is 1.90. The number of para-hydroxylation sites is 2. The van der Waals surface area contributed by atoms with E-state index in [1.54, 1.807) is 0 Å². The average molecular weight is 322 g/mol. The molecule has 0 saturated carbocycles. The van der Waals surface area contributed by atoms with Gasteiger partial charge in [-0.3, -0.25) is 4.79 Å². The summed E-state index contributed by atoms with van der Waals surface area (Å²) in [5.41, 5.74) is 1.72. The van der Waals surface area contributed by atoms with E-state index in [-0.39, 0.29) is 12.4 Å². The number of ether oxygens (including phenoxy) is 1. The Hall–Kier alpha value is -1.87. The summed E-state index contributed by atoms with van der Waals surface area (Å²) in [6, 6.07) is 9.68. The second-order valence-corrected chi connectivity index (χ2v) is 5.06. The molecule has 5 nitrogen and oxygen atoms in total. The predicted octanol–water partition coefficient (Wildman–Crippen LogP) is 2.04. The Bertz CT molecular complexity index is 645. The molecule has 1 atom stereocenters. The van der Waals surface area contributed by atoms with Gasteiger partial charge in [0.2, 0.25) is 0 Å². The number of halogens is 1. The molecule has 0 radical (unpaired) electrons. The van der Waals surface area contributed by atoms with Crippen molar-refractivity contribution in [2.24, 2.45) is 0 Å². The summed E-state index contributed by atoms with van der Waals surface area (Å²) in [6.45, 7) is 0.379. The number of methoxy groups -OCH3 is 1. The van der Waals surface area contributed by atoms with Crippen LogP contribution in [-0.4, -0.2) is 27.5 Å². The zero-order chi connectivity index (χ0) is 13.8. The minimum atomic E-state index is -0.465.